The van der Waals surface area contributed by atoms with Crippen LogP contribution in [0.4, 0.5) is 0 Å². The maximum Gasteiger partial charge on any atom is 0.295 e. The van der Waals surface area contributed by atoms with E-state index in [1.54, 1.807) is 24.3 Å². The summed E-state index contributed by atoms with van der Waals surface area (Å²) in [5.74, 6) is -1.66. The van der Waals surface area contributed by atoms with E-state index in [-0.39, 0.29) is 29.4 Å². The number of amides is 1. The number of aliphatic hydroxyl groups excluding tert-OH is 1. The molecule has 158 valence electrons. The zero-order valence-electron chi connectivity index (χ0n) is 16.8. The second kappa shape index (κ2) is 8.85. The lowest BCUT2D eigenvalue weighted by Crippen LogP contribution is -2.35. The van der Waals surface area contributed by atoms with Crippen LogP contribution in [0.5, 0.6) is 11.5 Å². The van der Waals surface area contributed by atoms with Crippen molar-refractivity contribution in [3.05, 3.63) is 57.8 Å². The Morgan fingerprint density at radius 1 is 1.27 bits per heavy atom. The normalized spacial score (nSPS) is 18.3. The van der Waals surface area contributed by atoms with Gasteiger partial charge >= 0.3 is 0 Å². The van der Waals surface area contributed by atoms with Gasteiger partial charge in [0.1, 0.15) is 5.76 Å². The Balaban J connectivity index is 2.21. The number of phenols is 1. The zero-order valence-corrected chi connectivity index (χ0v) is 18.4. The monoisotopic (exact) mass is 475 g/mol. The van der Waals surface area contributed by atoms with Gasteiger partial charge < -0.3 is 24.7 Å². The summed E-state index contributed by atoms with van der Waals surface area (Å²) in [5.41, 5.74) is 0.875. The molecule has 2 heterocycles. The van der Waals surface area contributed by atoms with Crippen LogP contribution < -0.4 is 4.74 Å². The van der Waals surface area contributed by atoms with Crippen molar-refractivity contribution in [2.24, 2.45) is 0 Å². The molecular weight excluding hydrogens is 454 g/mol. The third kappa shape index (κ3) is 4.03. The van der Waals surface area contributed by atoms with Gasteiger partial charge in [0.15, 0.2) is 11.5 Å². The van der Waals surface area contributed by atoms with Crippen molar-refractivity contribution in [2.45, 2.75) is 6.04 Å². The number of Topliss-reactive ketones (excluding diaryl/α,β-unsaturated/α-hetero) is 1. The number of aliphatic hydroxyl groups is 1. The van der Waals surface area contributed by atoms with Crippen molar-refractivity contribution in [1.29, 1.82) is 0 Å². The molecule has 1 aromatic carbocycles. The number of ether oxygens (including phenoxy) is 1. The fourth-order valence-electron chi connectivity index (χ4n) is 3.34. The number of aromatic nitrogens is 1. The molecule has 8 nitrogen and oxygen atoms in total. The smallest absolute Gasteiger partial charge is 0.295 e. The van der Waals surface area contributed by atoms with Crippen LogP contribution in [0.2, 0.25) is 0 Å². The van der Waals surface area contributed by atoms with Crippen molar-refractivity contribution >= 4 is 33.4 Å². The summed E-state index contributed by atoms with van der Waals surface area (Å²) in [6, 6.07) is 5.44. The number of pyridine rings is 1. The number of aromatic hydroxyl groups is 1. The minimum Gasteiger partial charge on any atom is -0.507 e. The molecule has 0 radical (unpaired) electrons. The topological polar surface area (TPSA) is 103 Å². The number of ketones is 1. The van der Waals surface area contributed by atoms with Crippen molar-refractivity contribution in [3.63, 3.8) is 0 Å². The van der Waals surface area contributed by atoms with Gasteiger partial charge in [0, 0.05) is 31.0 Å². The Hall–Kier alpha value is -2.91. The highest BCUT2D eigenvalue weighted by atomic mass is 79.9. The van der Waals surface area contributed by atoms with E-state index in [0.29, 0.717) is 22.1 Å². The summed E-state index contributed by atoms with van der Waals surface area (Å²) >= 11 is 3.29. The number of nitrogens with zero attached hydrogens (tertiary/aromatic N) is 3. The van der Waals surface area contributed by atoms with Crippen LogP contribution >= 0.6 is 15.9 Å². The Morgan fingerprint density at radius 3 is 2.53 bits per heavy atom. The second-order valence-electron chi connectivity index (χ2n) is 7.09. The van der Waals surface area contributed by atoms with E-state index in [2.05, 4.69) is 20.9 Å². The van der Waals surface area contributed by atoms with Crippen LogP contribution in [0.3, 0.4) is 0 Å². The fraction of sp³-hybridized carbons (Fsp3) is 0.286. The van der Waals surface area contributed by atoms with Crippen LogP contribution in [0.25, 0.3) is 5.76 Å². The zero-order chi connectivity index (χ0) is 22.0. The van der Waals surface area contributed by atoms with Crippen LogP contribution in [0.15, 0.2) is 46.7 Å². The quantitative estimate of drug-likeness (QED) is 0.375. The first-order valence-corrected chi connectivity index (χ1v) is 9.95. The highest BCUT2D eigenvalue weighted by Crippen LogP contribution is 2.44. The summed E-state index contributed by atoms with van der Waals surface area (Å²) in [5, 5.41) is 21.1. The first kappa shape index (κ1) is 21.8. The van der Waals surface area contributed by atoms with E-state index in [1.807, 2.05) is 19.0 Å². The highest BCUT2D eigenvalue weighted by Gasteiger charge is 2.46. The largest absolute Gasteiger partial charge is 0.507 e. The van der Waals surface area contributed by atoms with E-state index >= 15 is 0 Å². The van der Waals surface area contributed by atoms with Crippen molar-refractivity contribution in [1.82, 2.24) is 14.8 Å². The number of halogens is 1. The van der Waals surface area contributed by atoms with E-state index in [1.165, 1.54) is 24.4 Å². The molecule has 1 fully saturated rings. The molecule has 30 heavy (non-hydrogen) atoms. The number of hydrogen-bond acceptors (Lipinski definition) is 7. The minimum atomic E-state index is -0.844. The number of methoxy groups -OCH3 is 1. The molecule has 0 aliphatic carbocycles. The Morgan fingerprint density at radius 2 is 1.93 bits per heavy atom. The van der Waals surface area contributed by atoms with Gasteiger partial charge in [-0.25, -0.2) is 0 Å². The predicted octanol–water partition coefficient (Wildman–Crippen LogP) is 2.54. The van der Waals surface area contributed by atoms with Gasteiger partial charge in [0.2, 0.25) is 0 Å². The number of rotatable bonds is 6. The number of likely N-dealkylation sites (N-methyl/N-ethyl adjacent to an activating group) is 1. The Bertz CT molecular complexity index is 1010. The van der Waals surface area contributed by atoms with E-state index < -0.39 is 17.7 Å². The van der Waals surface area contributed by atoms with Crippen LogP contribution in [0.1, 0.15) is 17.2 Å². The standard InChI is InChI=1S/C21H22BrN3O5/c1-24(2)8-9-25-17(13-10-14(22)19(27)15(11-13)30-3)16(20(28)21(25)29)18(26)12-4-6-23-7-5-12/h4-7,10-11,17,26-27H,8-9H2,1-3H3/b18-16+. The Kier molecular flexibility index (Phi) is 6.42. The lowest BCUT2D eigenvalue weighted by molar-refractivity contribution is -0.140. The summed E-state index contributed by atoms with van der Waals surface area (Å²) in [7, 11) is 5.14. The summed E-state index contributed by atoms with van der Waals surface area (Å²) in [4.78, 5) is 33.0. The second-order valence-corrected chi connectivity index (χ2v) is 7.94. The predicted molar refractivity (Wildman–Crippen MR) is 114 cm³/mol. The van der Waals surface area contributed by atoms with Gasteiger partial charge in [-0.05, 0) is 59.9 Å². The fourth-order valence-corrected chi connectivity index (χ4v) is 3.80. The molecule has 0 spiro atoms. The third-order valence-electron chi connectivity index (χ3n) is 4.87. The number of benzene rings is 1. The maximum atomic E-state index is 12.9. The molecule has 1 atom stereocenters. The molecular formula is C21H22BrN3O5. The lowest BCUT2D eigenvalue weighted by Gasteiger charge is -2.27. The Labute approximate surface area is 182 Å². The molecule has 1 saturated heterocycles. The van der Waals surface area contributed by atoms with E-state index in [4.69, 9.17) is 4.74 Å². The molecule has 1 aromatic heterocycles. The SMILES string of the molecule is COc1cc(C2/C(=C(\O)c3ccncc3)C(=O)C(=O)N2CCN(C)C)cc(Br)c1O. The molecule has 0 bridgehead atoms. The summed E-state index contributed by atoms with van der Waals surface area (Å²) in [6.45, 7) is 0.797. The number of carbonyl (C=O) groups is 2. The number of likely N-dealkylation sites (tertiary alicyclic amines) is 1. The van der Waals surface area contributed by atoms with E-state index in [0.717, 1.165) is 0 Å². The van der Waals surface area contributed by atoms with Crippen LogP contribution in [-0.4, -0.2) is 71.0 Å². The van der Waals surface area contributed by atoms with Crippen molar-refractivity contribution in [3.8, 4) is 11.5 Å². The van der Waals surface area contributed by atoms with Crippen molar-refractivity contribution < 1.29 is 24.5 Å². The van der Waals surface area contributed by atoms with Gasteiger partial charge in [-0.15, -0.1) is 0 Å². The van der Waals surface area contributed by atoms with Crippen molar-refractivity contribution in [2.75, 3.05) is 34.3 Å². The third-order valence-corrected chi connectivity index (χ3v) is 5.47. The van der Waals surface area contributed by atoms with Gasteiger partial charge in [-0.1, -0.05) is 0 Å². The molecule has 1 amide bonds. The van der Waals surface area contributed by atoms with Gasteiger partial charge in [0.05, 0.1) is 23.2 Å². The molecule has 1 aliphatic rings. The first-order chi connectivity index (χ1) is 14.3. The molecule has 1 aliphatic heterocycles. The molecule has 1 unspecified atom stereocenters. The van der Waals surface area contributed by atoms with E-state index in [9.17, 15) is 19.8 Å². The maximum absolute atomic E-state index is 12.9. The molecule has 2 aromatic rings. The highest BCUT2D eigenvalue weighted by molar-refractivity contribution is 9.10. The number of hydrogen-bond donors (Lipinski definition) is 2. The summed E-state index contributed by atoms with van der Waals surface area (Å²) in [6.07, 6.45) is 2.98. The molecule has 3 rings (SSSR count). The number of phenolic OH excluding ortho intramolecular Hbond substituents is 1. The average Bonchev–Trinajstić information content (AvgIpc) is 2.98. The lowest BCUT2D eigenvalue weighted by atomic mass is 9.95. The minimum absolute atomic E-state index is 0.0235. The van der Waals surface area contributed by atoms with Gasteiger partial charge in [-0.3, -0.25) is 14.6 Å². The van der Waals surface area contributed by atoms with Crippen LogP contribution in [-0.2, 0) is 9.59 Å². The average molecular weight is 476 g/mol. The molecule has 9 heteroatoms. The van der Waals surface area contributed by atoms with Crippen LogP contribution in [0, 0.1) is 0 Å². The first-order valence-electron chi connectivity index (χ1n) is 9.16. The van der Waals surface area contributed by atoms with Gasteiger partial charge in [-0.2, -0.15) is 0 Å². The summed E-state index contributed by atoms with van der Waals surface area (Å²) < 4.78 is 5.58. The number of carbonyl (C=O) groups excluding carboxylic acids is 2. The van der Waals surface area contributed by atoms with Gasteiger partial charge in [0.25, 0.3) is 11.7 Å². The molecule has 0 saturated carbocycles. The molecule has 2 N–H and O–H groups in total.